The zero-order valence-corrected chi connectivity index (χ0v) is 23.1. The maximum atomic E-state index is 12.0. The van der Waals surface area contributed by atoms with Crippen LogP contribution in [0.4, 0.5) is 0 Å². The van der Waals surface area contributed by atoms with E-state index in [-0.39, 0.29) is 24.0 Å². The van der Waals surface area contributed by atoms with Gasteiger partial charge >= 0.3 is 0 Å². The van der Waals surface area contributed by atoms with Gasteiger partial charge < -0.3 is 34.6 Å². The molecule has 0 aliphatic heterocycles. The lowest BCUT2D eigenvalue weighted by atomic mass is 9.87. The molecule has 35 heavy (non-hydrogen) atoms. The molecule has 0 bridgehead atoms. The maximum absolute atomic E-state index is 12.0. The van der Waals surface area contributed by atoms with E-state index in [1.165, 1.54) is 70.6 Å². The second-order valence-electron chi connectivity index (χ2n) is 9.30. The lowest BCUT2D eigenvalue weighted by Gasteiger charge is -2.35. The number of aliphatic hydroxyl groups excluding tert-OH is 1. The number of amides is 2. The number of phosphoric ester groups is 1. The van der Waals surface area contributed by atoms with E-state index < -0.39 is 31.9 Å². The number of thioether (sulfide) groups is 1. The summed E-state index contributed by atoms with van der Waals surface area (Å²) in [5.74, 6) is -0.645. The molecule has 2 amide bonds. The van der Waals surface area contributed by atoms with Gasteiger partial charge in [-0.25, -0.2) is 0 Å². The van der Waals surface area contributed by atoms with E-state index in [0.29, 0.717) is 18.7 Å². The first-order chi connectivity index (χ1) is 16.4. The Balaban J connectivity index is 3.81. The molecule has 0 heterocycles. The fraction of sp³-hybridized carbons (Fsp3) is 0.870. The summed E-state index contributed by atoms with van der Waals surface area (Å²) in [5.41, 5.74) is -1.32. The maximum Gasteiger partial charge on any atom is 0.249 e. The summed E-state index contributed by atoms with van der Waals surface area (Å²) in [5, 5.41) is 15.2. The largest absolute Gasteiger partial charge is 0.790 e. The van der Waals surface area contributed by atoms with Crippen molar-refractivity contribution in [2.45, 2.75) is 97.5 Å². The number of hydrogen-bond acceptors (Lipinski definition) is 9. The fourth-order valence-electron chi connectivity index (χ4n) is 3.17. The topological polar surface area (TPSA) is 168 Å². The summed E-state index contributed by atoms with van der Waals surface area (Å²) < 4.78 is 14.7. The zero-order chi connectivity index (χ0) is 26.7. The third-order valence-corrected chi connectivity index (χ3v) is 6.79. The first-order valence-electron chi connectivity index (χ1n) is 12.4. The Labute approximate surface area is 214 Å². The van der Waals surface area contributed by atoms with Crippen LogP contribution in [0.15, 0.2) is 0 Å². The highest BCUT2D eigenvalue weighted by atomic mass is 32.2. The Morgan fingerprint density at radius 2 is 1.51 bits per heavy atom. The van der Waals surface area contributed by atoms with Gasteiger partial charge in [-0.2, -0.15) is 0 Å². The molecule has 0 rings (SSSR count). The van der Waals surface area contributed by atoms with Crippen LogP contribution in [-0.4, -0.2) is 53.6 Å². The minimum absolute atomic E-state index is 0.0250. The highest BCUT2D eigenvalue weighted by Gasteiger charge is 2.34. The summed E-state index contributed by atoms with van der Waals surface area (Å²) >= 11 is 1.20. The number of carbonyl (C=O) groups is 3. The monoisotopic (exact) mass is 538 g/mol. The molecular weight excluding hydrogens is 495 g/mol. The third-order valence-electron chi connectivity index (χ3n) is 5.41. The van der Waals surface area contributed by atoms with Gasteiger partial charge in [0, 0.05) is 37.1 Å². The molecule has 0 aromatic rings. The van der Waals surface area contributed by atoms with Gasteiger partial charge in [-0.05, 0) is 6.42 Å². The number of carbonyl (C=O) groups excluding carboxylic acids is 3. The Morgan fingerprint density at radius 3 is 2.09 bits per heavy atom. The van der Waals surface area contributed by atoms with E-state index in [4.69, 9.17) is 0 Å². The summed E-state index contributed by atoms with van der Waals surface area (Å²) in [6.07, 6.45) is 9.71. The summed E-state index contributed by atoms with van der Waals surface area (Å²) in [4.78, 5) is 56.9. The Morgan fingerprint density at radius 1 is 0.943 bits per heavy atom. The van der Waals surface area contributed by atoms with E-state index in [9.17, 15) is 33.8 Å². The van der Waals surface area contributed by atoms with Crippen LogP contribution in [0.2, 0.25) is 0 Å². The smallest absolute Gasteiger partial charge is 0.249 e. The van der Waals surface area contributed by atoms with Gasteiger partial charge in [-0.1, -0.05) is 83.9 Å². The summed E-state index contributed by atoms with van der Waals surface area (Å²) in [6, 6.07) is 0. The minimum Gasteiger partial charge on any atom is -0.790 e. The minimum atomic E-state index is -5.22. The second kappa shape index (κ2) is 19.2. The molecule has 206 valence electrons. The van der Waals surface area contributed by atoms with Crippen LogP contribution in [0.3, 0.4) is 0 Å². The molecule has 0 fully saturated rings. The van der Waals surface area contributed by atoms with Crippen molar-refractivity contribution < 1.29 is 38.4 Å². The van der Waals surface area contributed by atoms with Gasteiger partial charge in [-0.15, -0.1) is 0 Å². The Hall–Kier alpha value is -0.970. The molecule has 0 saturated carbocycles. The van der Waals surface area contributed by atoms with Gasteiger partial charge in [0.2, 0.25) is 11.8 Å². The number of aliphatic hydroxyl groups is 1. The fourth-order valence-corrected chi connectivity index (χ4v) is 4.38. The SMILES string of the molecule is CCCCCCCCCCCC(=O)SCCNC(=O)CCNC(=O)[C@H](O)C(C)(C)COP(=O)([O-])[O-]. The van der Waals surface area contributed by atoms with Crippen LogP contribution in [-0.2, 0) is 23.5 Å². The highest BCUT2D eigenvalue weighted by Crippen LogP contribution is 2.31. The lowest BCUT2D eigenvalue weighted by Crippen LogP contribution is -2.46. The van der Waals surface area contributed by atoms with Crippen molar-refractivity contribution in [1.82, 2.24) is 10.6 Å². The van der Waals surface area contributed by atoms with E-state index >= 15 is 0 Å². The third kappa shape index (κ3) is 19.8. The van der Waals surface area contributed by atoms with E-state index in [0.717, 1.165) is 12.8 Å². The number of hydrogen-bond donors (Lipinski definition) is 3. The molecule has 12 heteroatoms. The van der Waals surface area contributed by atoms with Crippen molar-refractivity contribution >= 4 is 36.5 Å². The van der Waals surface area contributed by atoms with Crippen molar-refractivity contribution in [1.29, 1.82) is 0 Å². The molecule has 0 aliphatic rings. The average molecular weight is 539 g/mol. The second-order valence-corrected chi connectivity index (χ2v) is 11.6. The molecule has 0 radical (unpaired) electrons. The van der Waals surface area contributed by atoms with Crippen molar-refractivity contribution in [3.63, 3.8) is 0 Å². The highest BCUT2D eigenvalue weighted by molar-refractivity contribution is 8.13. The van der Waals surface area contributed by atoms with Gasteiger partial charge in [0.1, 0.15) is 6.10 Å². The average Bonchev–Trinajstić information content (AvgIpc) is 2.78. The molecule has 3 N–H and O–H groups in total. The predicted molar refractivity (Wildman–Crippen MR) is 133 cm³/mol. The predicted octanol–water partition coefficient (Wildman–Crippen LogP) is 2.02. The van der Waals surface area contributed by atoms with Crippen LogP contribution in [0, 0.1) is 5.41 Å². The van der Waals surface area contributed by atoms with Gasteiger partial charge in [0.05, 0.1) is 14.4 Å². The van der Waals surface area contributed by atoms with Crippen molar-refractivity contribution in [2.24, 2.45) is 5.41 Å². The number of unbranched alkanes of at least 4 members (excludes halogenated alkanes) is 8. The Bertz CT molecular complexity index is 672. The molecule has 1 atom stereocenters. The number of rotatable bonds is 21. The van der Waals surface area contributed by atoms with Crippen LogP contribution < -0.4 is 20.4 Å². The number of phosphoric acid groups is 1. The van der Waals surface area contributed by atoms with Crippen LogP contribution in [0.1, 0.15) is 91.4 Å². The normalized spacial score (nSPS) is 12.9. The quantitative estimate of drug-likeness (QED) is 0.146. The van der Waals surface area contributed by atoms with Crippen molar-refractivity contribution in [3.8, 4) is 0 Å². The van der Waals surface area contributed by atoms with Gasteiger partial charge in [0.15, 0.2) is 5.12 Å². The molecule has 10 nitrogen and oxygen atoms in total. The molecule has 0 aliphatic carbocycles. The molecule has 0 spiro atoms. The van der Waals surface area contributed by atoms with E-state index in [2.05, 4.69) is 22.1 Å². The lowest BCUT2D eigenvalue weighted by molar-refractivity contribution is -0.343. The first-order valence-corrected chi connectivity index (χ1v) is 14.9. The molecule has 0 saturated heterocycles. The van der Waals surface area contributed by atoms with Gasteiger partial charge in [0.25, 0.3) is 0 Å². The van der Waals surface area contributed by atoms with E-state index in [1.807, 2.05) is 0 Å². The van der Waals surface area contributed by atoms with Gasteiger partial charge in [-0.3, -0.25) is 14.4 Å². The zero-order valence-electron chi connectivity index (χ0n) is 21.3. The molecule has 0 unspecified atom stereocenters. The summed E-state index contributed by atoms with van der Waals surface area (Å²) in [6.45, 7) is 4.59. The molecule has 0 aromatic heterocycles. The van der Waals surface area contributed by atoms with Crippen molar-refractivity contribution in [2.75, 3.05) is 25.4 Å². The first kappa shape index (κ1) is 34.0. The summed E-state index contributed by atoms with van der Waals surface area (Å²) in [7, 11) is -5.22. The van der Waals surface area contributed by atoms with E-state index in [1.54, 1.807) is 0 Å². The Kier molecular flexibility index (Phi) is 18.7. The van der Waals surface area contributed by atoms with Crippen LogP contribution in [0.25, 0.3) is 0 Å². The standard InChI is InChI=1S/C23H45N2O8PS/c1-4-5-6-7-8-9-10-11-12-13-20(27)35-17-16-24-19(26)14-15-25-22(29)21(28)23(2,3)18-33-34(30,31)32/h21,28H,4-18H2,1-3H3,(H,24,26)(H,25,29)(H2,30,31,32)/p-2/t21-/m0/s1. The van der Waals surface area contributed by atoms with Crippen molar-refractivity contribution in [3.05, 3.63) is 0 Å². The molecule has 0 aromatic carbocycles. The van der Waals surface area contributed by atoms with Crippen LogP contribution >= 0.6 is 19.6 Å². The molecular formula is C23H43N2O8PS-2. The number of nitrogens with one attached hydrogen (secondary N) is 2. The van der Waals surface area contributed by atoms with Crippen LogP contribution in [0.5, 0.6) is 0 Å².